The summed E-state index contributed by atoms with van der Waals surface area (Å²) in [5.41, 5.74) is 0.435. The van der Waals surface area contributed by atoms with Gasteiger partial charge in [0.1, 0.15) is 4.88 Å². The minimum absolute atomic E-state index is 0.201. The highest BCUT2D eigenvalue weighted by Gasteiger charge is 2.29. The fourth-order valence-electron chi connectivity index (χ4n) is 2.45. The van der Waals surface area contributed by atoms with E-state index in [2.05, 4.69) is 10.6 Å². The summed E-state index contributed by atoms with van der Waals surface area (Å²) >= 11 is 7.49. The number of carbonyl (C=O) groups excluding carboxylic acids is 3. The third-order valence-corrected chi connectivity index (χ3v) is 5.40. The van der Waals surface area contributed by atoms with E-state index in [4.69, 9.17) is 16.3 Å². The number of rotatable bonds is 4. The molecular weight excluding hydrogens is 388 g/mol. The fraction of sp³-hybridized carbons (Fsp3) is 0.105. The summed E-state index contributed by atoms with van der Waals surface area (Å²) in [5.74, 6) is -1.49. The first-order chi connectivity index (χ1) is 13.0. The van der Waals surface area contributed by atoms with Crippen molar-refractivity contribution in [3.8, 4) is 0 Å². The third-order valence-electron chi connectivity index (χ3n) is 3.75. The molecule has 0 aliphatic carbocycles. The second-order valence-electron chi connectivity index (χ2n) is 5.51. The first kappa shape index (κ1) is 18.9. The Labute approximate surface area is 164 Å². The number of thiophene rings is 1. The number of halogens is 1. The minimum Gasteiger partial charge on any atom is -0.443 e. The average Bonchev–Trinajstić information content (AvgIpc) is 3.03. The molecule has 0 radical (unpaired) electrons. The molecule has 1 aromatic heterocycles. The van der Waals surface area contributed by atoms with Gasteiger partial charge in [0.05, 0.1) is 5.02 Å². The lowest BCUT2D eigenvalue weighted by Gasteiger charge is -2.17. The van der Waals surface area contributed by atoms with E-state index < -0.39 is 24.0 Å². The molecule has 2 aromatic carbocycles. The van der Waals surface area contributed by atoms with E-state index in [1.54, 1.807) is 36.4 Å². The molecule has 1 heterocycles. The Kier molecular flexibility index (Phi) is 5.73. The Morgan fingerprint density at radius 2 is 1.70 bits per heavy atom. The zero-order valence-corrected chi connectivity index (χ0v) is 15.8. The van der Waals surface area contributed by atoms with Gasteiger partial charge >= 0.3 is 12.0 Å². The predicted octanol–water partition coefficient (Wildman–Crippen LogP) is 3.91. The number of esters is 1. The molecule has 1 atom stereocenters. The van der Waals surface area contributed by atoms with Gasteiger partial charge in [-0.15, -0.1) is 11.3 Å². The molecule has 0 fully saturated rings. The smallest absolute Gasteiger partial charge is 0.351 e. The van der Waals surface area contributed by atoms with Gasteiger partial charge in [0.2, 0.25) is 6.10 Å². The molecule has 0 aliphatic heterocycles. The van der Waals surface area contributed by atoms with Crippen LogP contribution in [0.5, 0.6) is 0 Å². The number of imide groups is 1. The molecule has 3 aromatic rings. The molecule has 2 N–H and O–H groups in total. The summed E-state index contributed by atoms with van der Waals surface area (Å²) in [6, 6.07) is 15.0. The van der Waals surface area contributed by atoms with Gasteiger partial charge in [-0.2, -0.15) is 0 Å². The van der Waals surface area contributed by atoms with Gasteiger partial charge in [-0.3, -0.25) is 10.1 Å². The standard InChI is InChI=1S/C19H15ClN2O4S/c1-21-19(25)22-17(23)15(11-7-3-2-4-8-11)26-18(24)16-14(20)12-9-5-6-10-13(12)27-16/h2-10,15H,1H3,(H2,21,22,23,25)/t15-/m1/s1. The largest absolute Gasteiger partial charge is 0.443 e. The Balaban J connectivity index is 1.90. The Bertz CT molecular complexity index is 1000. The van der Waals surface area contributed by atoms with E-state index in [9.17, 15) is 14.4 Å². The number of fused-ring (bicyclic) bond motifs is 1. The summed E-state index contributed by atoms with van der Waals surface area (Å²) < 4.78 is 6.27. The number of carbonyl (C=O) groups is 3. The van der Waals surface area contributed by atoms with Gasteiger partial charge in [-0.1, -0.05) is 60.1 Å². The number of ether oxygens (including phenoxy) is 1. The number of hydrogen-bond acceptors (Lipinski definition) is 5. The van der Waals surface area contributed by atoms with Crippen LogP contribution in [0.25, 0.3) is 10.1 Å². The number of benzene rings is 2. The zero-order valence-electron chi connectivity index (χ0n) is 14.2. The predicted molar refractivity (Wildman–Crippen MR) is 104 cm³/mol. The molecule has 0 saturated carbocycles. The second kappa shape index (κ2) is 8.20. The van der Waals surface area contributed by atoms with E-state index in [0.717, 1.165) is 10.1 Å². The van der Waals surface area contributed by atoms with Crippen molar-refractivity contribution >= 4 is 50.9 Å². The average molecular weight is 403 g/mol. The van der Waals surface area contributed by atoms with Crippen molar-refractivity contribution in [2.75, 3.05) is 7.05 Å². The summed E-state index contributed by atoms with van der Waals surface area (Å²) in [6.07, 6.45) is -1.29. The molecule has 3 amide bonds. The van der Waals surface area contributed by atoms with Crippen LogP contribution in [-0.2, 0) is 9.53 Å². The van der Waals surface area contributed by atoms with Gasteiger partial charge in [-0.25, -0.2) is 9.59 Å². The maximum absolute atomic E-state index is 12.7. The number of amides is 3. The van der Waals surface area contributed by atoms with E-state index in [1.807, 2.05) is 18.2 Å². The van der Waals surface area contributed by atoms with Gasteiger partial charge in [0.25, 0.3) is 5.91 Å². The summed E-state index contributed by atoms with van der Waals surface area (Å²) in [7, 11) is 1.38. The van der Waals surface area contributed by atoms with E-state index in [-0.39, 0.29) is 9.90 Å². The highest BCUT2D eigenvalue weighted by molar-refractivity contribution is 7.21. The summed E-state index contributed by atoms with van der Waals surface area (Å²) in [4.78, 5) is 36.8. The van der Waals surface area contributed by atoms with Crippen molar-refractivity contribution in [3.05, 3.63) is 70.1 Å². The van der Waals surface area contributed by atoms with E-state index in [0.29, 0.717) is 5.56 Å². The first-order valence-corrected chi connectivity index (χ1v) is 9.16. The number of urea groups is 1. The lowest BCUT2D eigenvalue weighted by atomic mass is 10.1. The molecule has 138 valence electrons. The fourth-order valence-corrected chi connectivity index (χ4v) is 3.84. The highest BCUT2D eigenvalue weighted by atomic mass is 35.5. The monoisotopic (exact) mass is 402 g/mol. The molecule has 8 heteroatoms. The summed E-state index contributed by atoms with van der Waals surface area (Å²) in [5, 5.41) is 5.43. The van der Waals surface area contributed by atoms with Crippen LogP contribution >= 0.6 is 22.9 Å². The van der Waals surface area contributed by atoms with Crippen LogP contribution in [0.2, 0.25) is 5.02 Å². The van der Waals surface area contributed by atoms with Gasteiger partial charge in [0, 0.05) is 22.7 Å². The van der Waals surface area contributed by atoms with E-state index >= 15 is 0 Å². The lowest BCUT2D eigenvalue weighted by Crippen LogP contribution is -2.41. The van der Waals surface area contributed by atoms with Crippen molar-refractivity contribution in [2.45, 2.75) is 6.10 Å². The molecule has 0 bridgehead atoms. The topological polar surface area (TPSA) is 84.5 Å². The Morgan fingerprint density at radius 1 is 1.04 bits per heavy atom. The van der Waals surface area contributed by atoms with Crippen LogP contribution in [0.15, 0.2) is 54.6 Å². The van der Waals surface area contributed by atoms with Crippen molar-refractivity contribution < 1.29 is 19.1 Å². The molecule has 0 unspecified atom stereocenters. The van der Waals surface area contributed by atoms with Crippen LogP contribution < -0.4 is 10.6 Å². The Morgan fingerprint density at radius 3 is 2.37 bits per heavy atom. The molecule has 3 rings (SSSR count). The van der Waals surface area contributed by atoms with Crippen LogP contribution in [0.1, 0.15) is 21.3 Å². The second-order valence-corrected chi connectivity index (χ2v) is 6.94. The maximum atomic E-state index is 12.7. The van der Waals surface area contributed by atoms with E-state index in [1.165, 1.54) is 18.4 Å². The van der Waals surface area contributed by atoms with Crippen molar-refractivity contribution in [3.63, 3.8) is 0 Å². The number of hydrogen-bond donors (Lipinski definition) is 2. The first-order valence-electron chi connectivity index (χ1n) is 7.96. The lowest BCUT2D eigenvalue weighted by molar-refractivity contribution is -0.129. The number of nitrogens with one attached hydrogen (secondary N) is 2. The molecule has 0 spiro atoms. The molecular formula is C19H15ClN2O4S. The molecule has 27 heavy (non-hydrogen) atoms. The van der Waals surface area contributed by atoms with Crippen molar-refractivity contribution in [1.29, 1.82) is 0 Å². The van der Waals surface area contributed by atoms with Gasteiger partial charge < -0.3 is 10.1 Å². The molecule has 6 nitrogen and oxygen atoms in total. The van der Waals surface area contributed by atoms with Gasteiger partial charge in [-0.05, 0) is 6.07 Å². The Hall–Kier alpha value is -2.90. The third kappa shape index (κ3) is 4.10. The van der Waals surface area contributed by atoms with Crippen molar-refractivity contribution in [1.82, 2.24) is 10.6 Å². The SMILES string of the molecule is CNC(=O)NC(=O)[C@H](OC(=O)c1sc2ccccc2c1Cl)c1ccccc1. The summed E-state index contributed by atoms with van der Waals surface area (Å²) in [6.45, 7) is 0. The highest BCUT2D eigenvalue weighted by Crippen LogP contribution is 2.36. The molecule has 0 aliphatic rings. The van der Waals surface area contributed by atoms with Crippen LogP contribution in [-0.4, -0.2) is 25.0 Å². The van der Waals surface area contributed by atoms with Crippen LogP contribution in [0.3, 0.4) is 0 Å². The zero-order chi connectivity index (χ0) is 19.4. The maximum Gasteiger partial charge on any atom is 0.351 e. The quantitative estimate of drug-likeness (QED) is 0.648. The van der Waals surface area contributed by atoms with Crippen molar-refractivity contribution in [2.24, 2.45) is 0 Å². The van der Waals surface area contributed by atoms with Crippen LogP contribution in [0, 0.1) is 0 Å². The minimum atomic E-state index is -1.29. The molecule has 0 saturated heterocycles. The normalized spacial score (nSPS) is 11.6. The van der Waals surface area contributed by atoms with Crippen LogP contribution in [0.4, 0.5) is 4.79 Å². The van der Waals surface area contributed by atoms with Gasteiger partial charge in [0.15, 0.2) is 0 Å².